The quantitative estimate of drug-likeness (QED) is 0.213. The van der Waals surface area contributed by atoms with Crippen molar-refractivity contribution in [2.75, 3.05) is 0 Å². The first kappa shape index (κ1) is 25.8. The van der Waals surface area contributed by atoms with Crippen molar-refractivity contribution in [2.45, 2.75) is 25.8 Å². The van der Waals surface area contributed by atoms with Crippen molar-refractivity contribution in [3.05, 3.63) is 120 Å². The van der Waals surface area contributed by atoms with Gasteiger partial charge in [0.1, 0.15) is 10.1 Å². The monoisotopic (exact) mass is 522 g/mol. The minimum atomic E-state index is -4.68. The van der Waals surface area contributed by atoms with Gasteiger partial charge in [-0.2, -0.15) is 13.2 Å². The molecule has 0 unspecified atom stereocenters. The van der Waals surface area contributed by atoms with Crippen LogP contribution in [0.4, 0.5) is 13.2 Å². The fourth-order valence-corrected chi connectivity index (χ4v) is 5.58. The molecule has 0 atom stereocenters. The van der Waals surface area contributed by atoms with Crippen molar-refractivity contribution in [3.63, 3.8) is 0 Å². The molecule has 0 N–H and O–H groups in total. The summed E-state index contributed by atoms with van der Waals surface area (Å²) in [6, 6.07) is 31.7. The van der Waals surface area contributed by atoms with E-state index in [1.54, 1.807) is 0 Å². The molecule has 0 saturated carbocycles. The lowest BCUT2D eigenvalue weighted by Gasteiger charge is -2.09. The standard InChI is InChI=1S/C18H14ClS.C7H5F3O3S/c19-15-11-13-18(14-12-15)20(16-7-3-1-4-8-16)17-9-5-2-6-10-17;8-7(9,10)5-1-3-6(4-2-5)14(11,12)13/h1-14H;1-4H,(H,11,12,13)/q+1;/p-1. The summed E-state index contributed by atoms with van der Waals surface area (Å²) in [6.07, 6.45) is -4.54. The van der Waals surface area contributed by atoms with Crippen LogP contribution in [0.2, 0.25) is 5.02 Å². The van der Waals surface area contributed by atoms with Crippen molar-refractivity contribution >= 4 is 32.6 Å². The molecule has 176 valence electrons. The van der Waals surface area contributed by atoms with Crippen molar-refractivity contribution in [3.8, 4) is 0 Å². The van der Waals surface area contributed by atoms with E-state index in [4.69, 9.17) is 11.6 Å². The molecule has 3 nitrogen and oxygen atoms in total. The molecule has 0 saturated heterocycles. The summed E-state index contributed by atoms with van der Waals surface area (Å²) in [5, 5.41) is 0.776. The van der Waals surface area contributed by atoms with Crippen LogP contribution >= 0.6 is 11.6 Å². The summed E-state index contributed by atoms with van der Waals surface area (Å²) in [5.41, 5.74) is -0.995. The van der Waals surface area contributed by atoms with Crippen LogP contribution < -0.4 is 0 Å². The summed E-state index contributed by atoms with van der Waals surface area (Å²) in [6.45, 7) is 0. The van der Waals surface area contributed by atoms with Crippen LogP contribution in [0, 0.1) is 0 Å². The van der Waals surface area contributed by atoms with Gasteiger partial charge >= 0.3 is 6.18 Å². The molecule has 0 fully saturated rings. The van der Waals surface area contributed by atoms with Crippen LogP contribution in [-0.4, -0.2) is 13.0 Å². The number of benzene rings is 4. The summed E-state index contributed by atoms with van der Waals surface area (Å²) < 4.78 is 67.0. The van der Waals surface area contributed by atoms with Crippen molar-refractivity contribution in [2.24, 2.45) is 0 Å². The van der Waals surface area contributed by atoms with Gasteiger partial charge < -0.3 is 4.55 Å². The Morgan fingerprint density at radius 1 is 0.647 bits per heavy atom. The molecule has 34 heavy (non-hydrogen) atoms. The summed E-state index contributed by atoms with van der Waals surface area (Å²) in [4.78, 5) is 3.25. The van der Waals surface area contributed by atoms with E-state index in [-0.39, 0.29) is 10.9 Å². The Kier molecular flexibility index (Phi) is 8.43. The van der Waals surface area contributed by atoms with E-state index in [2.05, 4.69) is 72.8 Å². The van der Waals surface area contributed by atoms with E-state index in [1.807, 2.05) is 12.1 Å². The molecule has 0 aliphatic heterocycles. The van der Waals surface area contributed by atoms with Gasteiger partial charge in [0, 0.05) is 5.02 Å². The zero-order chi connectivity index (χ0) is 24.8. The molecule has 0 aliphatic carbocycles. The lowest BCUT2D eigenvalue weighted by molar-refractivity contribution is -0.137. The van der Waals surface area contributed by atoms with E-state index in [9.17, 15) is 26.1 Å². The van der Waals surface area contributed by atoms with Gasteiger partial charge in [-0.3, -0.25) is 0 Å². The third-order valence-corrected chi connectivity index (χ3v) is 7.81. The minimum Gasteiger partial charge on any atom is -0.744 e. The summed E-state index contributed by atoms with van der Waals surface area (Å²) >= 11 is 6.01. The Hall–Kier alpha value is -2.78. The third kappa shape index (κ3) is 7.11. The maximum Gasteiger partial charge on any atom is 0.416 e. The maximum atomic E-state index is 12.0. The second kappa shape index (κ2) is 11.1. The number of alkyl halides is 3. The second-order valence-corrected chi connectivity index (χ2v) is 10.7. The molecule has 0 aliphatic rings. The Bertz CT molecular complexity index is 1260. The predicted octanol–water partition coefficient (Wildman–Crippen LogP) is 7.04. The van der Waals surface area contributed by atoms with Crippen LogP contribution in [0.5, 0.6) is 0 Å². The minimum absolute atomic E-state index is 0.0815. The first-order valence-corrected chi connectivity index (χ1v) is 12.8. The molecular weight excluding hydrogens is 505 g/mol. The predicted molar refractivity (Wildman–Crippen MR) is 126 cm³/mol. The Morgan fingerprint density at radius 3 is 1.44 bits per heavy atom. The van der Waals surface area contributed by atoms with Gasteiger partial charge in [0.05, 0.1) is 21.4 Å². The van der Waals surface area contributed by atoms with Crippen molar-refractivity contribution in [1.82, 2.24) is 0 Å². The van der Waals surface area contributed by atoms with Crippen LogP contribution in [0.3, 0.4) is 0 Å². The summed E-state index contributed by atoms with van der Waals surface area (Å²) in [5.74, 6) is 0. The molecule has 4 rings (SSSR count). The lowest BCUT2D eigenvalue weighted by Crippen LogP contribution is -2.05. The number of hydrogen-bond acceptors (Lipinski definition) is 3. The van der Waals surface area contributed by atoms with E-state index in [0.717, 1.165) is 5.02 Å². The largest absolute Gasteiger partial charge is 0.744 e. The van der Waals surface area contributed by atoms with Gasteiger partial charge in [-0.05, 0) is 72.8 Å². The van der Waals surface area contributed by atoms with E-state index in [0.29, 0.717) is 24.3 Å². The molecule has 0 heterocycles. The second-order valence-electron chi connectivity index (χ2n) is 6.86. The molecule has 0 amide bonds. The van der Waals surface area contributed by atoms with Crippen molar-refractivity contribution < 1.29 is 26.1 Å². The Balaban J connectivity index is 0.000000204. The van der Waals surface area contributed by atoms with Crippen molar-refractivity contribution in [1.29, 1.82) is 0 Å². The number of hydrogen-bond donors (Lipinski definition) is 0. The normalized spacial score (nSPS) is 11.6. The average molecular weight is 523 g/mol. The van der Waals surface area contributed by atoms with E-state index < -0.39 is 26.8 Å². The first-order chi connectivity index (χ1) is 16.1. The Morgan fingerprint density at radius 2 is 1.06 bits per heavy atom. The van der Waals surface area contributed by atoms with Crippen LogP contribution in [0.25, 0.3) is 0 Å². The highest BCUT2D eigenvalue weighted by Gasteiger charge is 2.30. The molecule has 4 aromatic carbocycles. The number of halogens is 4. The molecule has 0 bridgehead atoms. The lowest BCUT2D eigenvalue weighted by atomic mass is 10.2. The van der Waals surface area contributed by atoms with Gasteiger partial charge in [-0.1, -0.05) is 48.0 Å². The Labute approximate surface area is 203 Å². The van der Waals surface area contributed by atoms with E-state index in [1.165, 1.54) is 14.7 Å². The zero-order valence-corrected chi connectivity index (χ0v) is 19.8. The molecule has 9 heteroatoms. The van der Waals surface area contributed by atoms with Crippen LogP contribution in [-0.2, 0) is 27.2 Å². The zero-order valence-electron chi connectivity index (χ0n) is 17.4. The van der Waals surface area contributed by atoms with Gasteiger partial charge in [-0.25, -0.2) is 8.42 Å². The average Bonchev–Trinajstić information content (AvgIpc) is 2.81. The highest BCUT2D eigenvalue weighted by Crippen LogP contribution is 2.31. The topological polar surface area (TPSA) is 57.2 Å². The molecule has 0 spiro atoms. The van der Waals surface area contributed by atoms with Gasteiger partial charge in [0.15, 0.2) is 14.7 Å². The van der Waals surface area contributed by atoms with Gasteiger partial charge in [0.25, 0.3) is 0 Å². The van der Waals surface area contributed by atoms with E-state index >= 15 is 0 Å². The molecule has 0 aromatic heterocycles. The van der Waals surface area contributed by atoms with Crippen LogP contribution in [0.1, 0.15) is 5.56 Å². The molecule has 4 aromatic rings. The van der Waals surface area contributed by atoms with Gasteiger partial charge in [0.2, 0.25) is 0 Å². The first-order valence-electron chi connectivity index (χ1n) is 9.79. The highest BCUT2D eigenvalue weighted by atomic mass is 35.5. The fourth-order valence-electron chi connectivity index (χ4n) is 2.90. The highest BCUT2D eigenvalue weighted by molar-refractivity contribution is 7.97. The van der Waals surface area contributed by atoms with Gasteiger partial charge in [-0.15, -0.1) is 0 Å². The third-order valence-electron chi connectivity index (χ3n) is 4.48. The number of rotatable bonds is 4. The summed E-state index contributed by atoms with van der Waals surface area (Å²) in [7, 11) is -4.76. The molecular formula is C25H18ClF3O3S2. The smallest absolute Gasteiger partial charge is 0.416 e. The molecule has 0 radical (unpaired) electrons. The fraction of sp³-hybridized carbons (Fsp3) is 0.0400. The van der Waals surface area contributed by atoms with Crippen LogP contribution in [0.15, 0.2) is 129 Å². The maximum absolute atomic E-state index is 12.0. The SMILES string of the molecule is Clc1ccc([S+](c2ccccc2)c2ccccc2)cc1.O=S(=O)([O-])c1ccc(C(F)(F)F)cc1.